The first kappa shape index (κ1) is 13.6. The van der Waals surface area contributed by atoms with Crippen LogP contribution in [0.4, 0.5) is 11.5 Å². The quantitative estimate of drug-likeness (QED) is 0.389. The lowest BCUT2D eigenvalue weighted by Crippen LogP contribution is -2.30. The number of methoxy groups -OCH3 is 1. The average Bonchev–Trinajstić information content (AvgIpc) is 2.46. The number of hydrogen-bond acceptors (Lipinski definition) is 5. The monoisotopic (exact) mass is 275 g/mol. The van der Waals surface area contributed by atoms with Crippen molar-refractivity contribution in [3.8, 4) is 5.75 Å². The normalized spacial score (nSPS) is 10.1. The second-order valence-electron chi connectivity index (χ2n) is 4.05. The highest BCUT2D eigenvalue weighted by molar-refractivity contribution is 5.41. The molecule has 2 rings (SSSR count). The molecule has 1 aromatic carbocycles. The number of benzene rings is 1. The van der Waals surface area contributed by atoms with Crippen molar-refractivity contribution in [2.75, 3.05) is 12.4 Å². The maximum atomic E-state index is 11.5. The van der Waals surface area contributed by atoms with E-state index in [0.29, 0.717) is 11.3 Å². The molecule has 104 valence electrons. The Labute approximate surface area is 115 Å². The topological polar surface area (TPSA) is 91.3 Å². The summed E-state index contributed by atoms with van der Waals surface area (Å²) in [7, 11) is 1.58. The summed E-state index contributed by atoms with van der Waals surface area (Å²) in [6.07, 6.45) is 1.11. The number of rotatable bonds is 5. The molecule has 7 heteroatoms. The molecule has 0 aliphatic carbocycles. The van der Waals surface area contributed by atoms with Gasteiger partial charge in [0.05, 0.1) is 18.1 Å². The summed E-state index contributed by atoms with van der Waals surface area (Å²) < 4.78 is 5.60. The van der Waals surface area contributed by atoms with Crippen LogP contribution in [0.5, 0.6) is 5.75 Å². The minimum absolute atomic E-state index is 0.130. The number of hydrogen-bond donors (Lipinski definition) is 1. The number of pyridine rings is 1. The molecule has 0 spiro atoms. The van der Waals surface area contributed by atoms with Gasteiger partial charge in [-0.3, -0.25) is 15.4 Å². The van der Waals surface area contributed by atoms with Crippen LogP contribution < -0.4 is 14.8 Å². The zero-order valence-electron chi connectivity index (χ0n) is 10.8. The number of nitrogens with zero attached hydrogens (tertiary/aromatic N) is 2. The van der Waals surface area contributed by atoms with Gasteiger partial charge in [-0.05, 0) is 17.7 Å². The third kappa shape index (κ3) is 3.14. The molecule has 0 saturated carbocycles. The lowest BCUT2D eigenvalue weighted by Gasteiger charge is -2.08. The number of aromatic nitrogens is 1. The number of nitro groups is 1. The lowest BCUT2D eigenvalue weighted by atomic mass is 10.2. The fraction of sp³-hybridized carbons (Fsp3) is 0.154. The Kier molecular flexibility index (Phi) is 3.99. The molecular weight excluding hydrogens is 262 g/mol. The number of nitrogens with one attached hydrogen (secondary N) is 1. The van der Waals surface area contributed by atoms with E-state index in [1.165, 1.54) is 6.07 Å². The van der Waals surface area contributed by atoms with Crippen LogP contribution in [0, 0.1) is 15.3 Å². The Hall–Kier alpha value is -2.83. The predicted octanol–water partition coefficient (Wildman–Crippen LogP) is 1.85. The van der Waals surface area contributed by atoms with Crippen molar-refractivity contribution >= 4 is 11.5 Å². The van der Waals surface area contributed by atoms with Crippen molar-refractivity contribution in [3.05, 3.63) is 63.5 Å². The summed E-state index contributed by atoms with van der Waals surface area (Å²) in [5, 5.41) is 25.1. The maximum Gasteiger partial charge on any atom is 0.284 e. The van der Waals surface area contributed by atoms with Gasteiger partial charge in [0.25, 0.3) is 11.5 Å². The highest BCUT2D eigenvalue weighted by atomic mass is 16.6. The van der Waals surface area contributed by atoms with E-state index in [1.54, 1.807) is 19.2 Å². The Morgan fingerprint density at radius 3 is 2.60 bits per heavy atom. The van der Waals surface area contributed by atoms with E-state index in [-0.39, 0.29) is 11.5 Å². The predicted molar refractivity (Wildman–Crippen MR) is 72.4 cm³/mol. The van der Waals surface area contributed by atoms with E-state index in [1.807, 2.05) is 12.1 Å². The molecule has 7 nitrogen and oxygen atoms in total. The van der Waals surface area contributed by atoms with Gasteiger partial charge in [-0.25, -0.2) is 4.73 Å². The zero-order chi connectivity index (χ0) is 14.5. The van der Waals surface area contributed by atoms with Crippen molar-refractivity contribution in [1.82, 2.24) is 0 Å². The van der Waals surface area contributed by atoms with Gasteiger partial charge in [-0.15, -0.1) is 0 Å². The Bertz CT molecular complexity index is 614. The molecule has 0 atom stereocenters. The first-order valence-electron chi connectivity index (χ1n) is 5.84. The van der Waals surface area contributed by atoms with Gasteiger partial charge in [0, 0.05) is 0 Å². The van der Waals surface area contributed by atoms with Gasteiger partial charge in [-0.1, -0.05) is 12.1 Å². The second kappa shape index (κ2) is 5.87. The highest BCUT2D eigenvalue weighted by Gasteiger charge is 2.12. The van der Waals surface area contributed by atoms with E-state index in [4.69, 9.17) is 4.74 Å². The van der Waals surface area contributed by atoms with Crippen LogP contribution >= 0.6 is 0 Å². The molecule has 1 aromatic heterocycles. The molecule has 0 aliphatic heterocycles. The Balaban J connectivity index is 2.09. The van der Waals surface area contributed by atoms with Crippen LogP contribution in [0.2, 0.25) is 0 Å². The summed E-state index contributed by atoms with van der Waals surface area (Å²) in [6, 6.07) is 9.66. The maximum absolute atomic E-state index is 11.5. The summed E-state index contributed by atoms with van der Waals surface area (Å²) in [5.74, 6) is 0.873. The van der Waals surface area contributed by atoms with Crippen LogP contribution in [0.3, 0.4) is 0 Å². The van der Waals surface area contributed by atoms with Gasteiger partial charge in [-0.2, -0.15) is 0 Å². The van der Waals surface area contributed by atoms with E-state index in [9.17, 15) is 15.3 Å². The number of anilines is 1. The van der Waals surface area contributed by atoms with Gasteiger partial charge in [0.1, 0.15) is 24.6 Å². The molecule has 0 bridgehead atoms. The van der Waals surface area contributed by atoms with Crippen molar-refractivity contribution < 1.29 is 14.4 Å². The van der Waals surface area contributed by atoms with Crippen LogP contribution in [-0.4, -0.2) is 12.0 Å². The summed E-state index contributed by atoms with van der Waals surface area (Å²) in [6.45, 7) is 0.382. The molecule has 1 N–H and O–H groups in total. The summed E-state index contributed by atoms with van der Waals surface area (Å²) in [5.41, 5.74) is 0.798. The smallest absolute Gasteiger partial charge is 0.284 e. The summed E-state index contributed by atoms with van der Waals surface area (Å²) >= 11 is 0. The second-order valence-corrected chi connectivity index (χ2v) is 4.05. The molecule has 1 heterocycles. The molecule has 0 radical (unpaired) electrons. The molecule has 2 aromatic rings. The van der Waals surface area contributed by atoms with Gasteiger partial charge < -0.3 is 9.94 Å². The zero-order valence-corrected chi connectivity index (χ0v) is 10.8. The molecule has 0 aliphatic rings. The van der Waals surface area contributed by atoms with Gasteiger partial charge in [0.15, 0.2) is 0 Å². The van der Waals surface area contributed by atoms with E-state index < -0.39 is 4.92 Å². The molecule has 0 amide bonds. The van der Waals surface area contributed by atoms with E-state index >= 15 is 0 Å². The Morgan fingerprint density at radius 1 is 1.30 bits per heavy atom. The molecular formula is C13H13N3O4. The van der Waals surface area contributed by atoms with Crippen molar-refractivity contribution in [1.29, 1.82) is 0 Å². The van der Waals surface area contributed by atoms with E-state index in [0.717, 1.165) is 23.6 Å². The first-order valence-corrected chi connectivity index (χ1v) is 5.84. The third-order valence-electron chi connectivity index (χ3n) is 2.75. The summed E-state index contributed by atoms with van der Waals surface area (Å²) in [4.78, 5) is 10.1. The van der Waals surface area contributed by atoms with Crippen LogP contribution in [-0.2, 0) is 6.54 Å². The SMILES string of the molecule is COc1ccc(CNc2cc([N+](=O)[O-])cc[n+]2[O-])cc1. The molecule has 20 heavy (non-hydrogen) atoms. The average molecular weight is 275 g/mol. The third-order valence-corrected chi connectivity index (χ3v) is 2.75. The molecule has 0 fully saturated rings. The minimum Gasteiger partial charge on any atom is -0.711 e. The lowest BCUT2D eigenvalue weighted by molar-refractivity contribution is -0.591. The first-order chi connectivity index (χ1) is 9.60. The minimum atomic E-state index is -0.543. The van der Waals surface area contributed by atoms with Crippen LogP contribution in [0.25, 0.3) is 0 Å². The molecule has 0 unspecified atom stereocenters. The van der Waals surface area contributed by atoms with Gasteiger partial charge in [0.2, 0.25) is 0 Å². The largest absolute Gasteiger partial charge is 0.711 e. The number of ether oxygens (including phenoxy) is 1. The fourth-order valence-corrected chi connectivity index (χ4v) is 1.65. The fourth-order valence-electron chi connectivity index (χ4n) is 1.65. The van der Waals surface area contributed by atoms with Crippen LogP contribution in [0.1, 0.15) is 5.56 Å². The Morgan fingerprint density at radius 2 is 2.00 bits per heavy atom. The highest BCUT2D eigenvalue weighted by Crippen LogP contribution is 2.15. The standard InChI is InChI=1S/C13H13N3O4/c1-20-12-4-2-10(3-5-12)9-14-13-8-11(16(18)19)6-7-15(13)17/h2-8,14H,9H2,1H3. The molecule has 0 saturated heterocycles. The van der Waals surface area contributed by atoms with Crippen molar-refractivity contribution in [2.24, 2.45) is 0 Å². The van der Waals surface area contributed by atoms with E-state index in [2.05, 4.69) is 5.32 Å². The van der Waals surface area contributed by atoms with Crippen molar-refractivity contribution in [2.45, 2.75) is 6.54 Å². The van der Waals surface area contributed by atoms with Crippen molar-refractivity contribution in [3.63, 3.8) is 0 Å². The van der Waals surface area contributed by atoms with Crippen LogP contribution in [0.15, 0.2) is 42.6 Å². The van der Waals surface area contributed by atoms with Gasteiger partial charge >= 0.3 is 0 Å².